The normalized spacial score (nSPS) is 13.3. The number of carbonyl (C=O) groups excluding carboxylic acids is 2. The summed E-state index contributed by atoms with van der Waals surface area (Å²) >= 11 is 0. The van der Waals surface area contributed by atoms with E-state index in [9.17, 15) is 9.59 Å². The highest BCUT2D eigenvalue weighted by Crippen LogP contribution is 2.13. The van der Waals surface area contributed by atoms with Gasteiger partial charge < -0.3 is 16.8 Å². The molecule has 2 amide bonds. The molecule has 5 heteroatoms. The number of nitrogens with one attached hydrogen (secondary N) is 1. The average Bonchev–Trinajstić information content (AvgIpc) is 2.68. The van der Waals surface area contributed by atoms with E-state index in [0.717, 1.165) is 43.2 Å². The van der Waals surface area contributed by atoms with E-state index in [2.05, 4.69) is 19.2 Å². The molecule has 0 aliphatic heterocycles. The van der Waals surface area contributed by atoms with Gasteiger partial charge in [0, 0.05) is 12.1 Å². The van der Waals surface area contributed by atoms with Crippen LogP contribution >= 0.6 is 0 Å². The van der Waals surface area contributed by atoms with Crippen molar-refractivity contribution in [1.82, 2.24) is 5.32 Å². The number of unbranched alkanes of at least 4 members (excludes halogenated alkanes) is 2. The van der Waals surface area contributed by atoms with Crippen LogP contribution in [0.2, 0.25) is 0 Å². The monoisotopic (exact) mass is 371 g/mol. The van der Waals surface area contributed by atoms with E-state index in [0.29, 0.717) is 18.5 Å². The maximum atomic E-state index is 12.4. The van der Waals surface area contributed by atoms with E-state index in [1.807, 2.05) is 36.4 Å². The third-order valence-corrected chi connectivity index (χ3v) is 4.42. The zero-order valence-corrected chi connectivity index (χ0v) is 16.5. The summed E-state index contributed by atoms with van der Waals surface area (Å²) in [5, 5.41) is 2.91. The fourth-order valence-corrected chi connectivity index (χ4v) is 2.63. The van der Waals surface area contributed by atoms with Crippen molar-refractivity contribution < 1.29 is 9.59 Å². The van der Waals surface area contributed by atoms with E-state index in [1.165, 1.54) is 0 Å². The maximum Gasteiger partial charge on any atom is 0.244 e. The van der Waals surface area contributed by atoms with Gasteiger partial charge in [0.1, 0.15) is 6.04 Å². The number of primary amides is 1. The number of amides is 2. The van der Waals surface area contributed by atoms with Gasteiger partial charge in [0.2, 0.25) is 11.8 Å². The minimum Gasteiger partial charge on any atom is -0.366 e. The van der Waals surface area contributed by atoms with Gasteiger partial charge in [-0.1, -0.05) is 74.7 Å². The van der Waals surface area contributed by atoms with E-state index in [-0.39, 0.29) is 11.8 Å². The van der Waals surface area contributed by atoms with Crippen LogP contribution in [0.1, 0.15) is 64.0 Å². The summed E-state index contributed by atoms with van der Waals surface area (Å²) in [4.78, 5) is 23.9. The molecule has 148 valence electrons. The summed E-state index contributed by atoms with van der Waals surface area (Å²) in [6.45, 7) is 4.61. The highest BCUT2D eigenvalue weighted by molar-refractivity contribution is 5.92. The Morgan fingerprint density at radius 1 is 1.04 bits per heavy atom. The highest BCUT2D eigenvalue weighted by Gasteiger charge is 2.15. The lowest BCUT2D eigenvalue weighted by molar-refractivity contribution is -0.122. The second-order valence-corrected chi connectivity index (χ2v) is 6.69. The lowest BCUT2D eigenvalue weighted by atomic mass is 10.0. The topological polar surface area (TPSA) is 98.2 Å². The molecule has 1 aromatic rings. The van der Waals surface area contributed by atoms with Gasteiger partial charge in [0.15, 0.2) is 0 Å². The molecule has 27 heavy (non-hydrogen) atoms. The predicted molar refractivity (Wildman–Crippen MR) is 111 cm³/mol. The second-order valence-electron chi connectivity index (χ2n) is 6.69. The minimum atomic E-state index is -0.695. The van der Waals surface area contributed by atoms with Gasteiger partial charge in [-0.15, -0.1) is 0 Å². The Hall–Kier alpha value is -2.40. The molecule has 5 N–H and O–H groups in total. The Labute approximate surface area is 162 Å². The predicted octanol–water partition coefficient (Wildman–Crippen LogP) is 3.52. The summed E-state index contributed by atoms with van der Waals surface area (Å²) in [5.41, 5.74) is 14.0. The lowest BCUT2D eigenvalue weighted by Gasteiger charge is -2.14. The van der Waals surface area contributed by atoms with Crippen LogP contribution in [0, 0.1) is 0 Å². The van der Waals surface area contributed by atoms with Gasteiger partial charge in [0.05, 0.1) is 0 Å². The lowest BCUT2D eigenvalue weighted by Crippen LogP contribution is -2.35. The van der Waals surface area contributed by atoms with Crippen LogP contribution in [0.3, 0.4) is 0 Å². The van der Waals surface area contributed by atoms with Crippen molar-refractivity contribution in [3.05, 3.63) is 59.2 Å². The summed E-state index contributed by atoms with van der Waals surface area (Å²) in [5.74, 6) is -0.599. The number of benzene rings is 1. The quantitative estimate of drug-likeness (QED) is 0.387. The molecular formula is C22H33N3O2. The van der Waals surface area contributed by atoms with Crippen molar-refractivity contribution in [2.24, 2.45) is 11.5 Å². The first-order valence-corrected chi connectivity index (χ1v) is 9.76. The second kappa shape index (κ2) is 12.9. The number of hydrogen-bond acceptors (Lipinski definition) is 3. The number of allylic oxidation sites excluding steroid dienone is 2. The third-order valence-electron chi connectivity index (χ3n) is 4.42. The molecule has 0 saturated heterocycles. The first-order chi connectivity index (χ1) is 13.0. The van der Waals surface area contributed by atoms with Gasteiger partial charge in [-0.25, -0.2) is 0 Å². The van der Waals surface area contributed by atoms with E-state index in [4.69, 9.17) is 11.5 Å². The molecule has 0 saturated carbocycles. The van der Waals surface area contributed by atoms with Gasteiger partial charge >= 0.3 is 0 Å². The van der Waals surface area contributed by atoms with Crippen molar-refractivity contribution in [3.8, 4) is 0 Å². The molecule has 0 heterocycles. The number of carbonyl (C=O) groups is 2. The summed E-state index contributed by atoms with van der Waals surface area (Å²) < 4.78 is 0. The van der Waals surface area contributed by atoms with Crippen LogP contribution in [0.5, 0.6) is 0 Å². The first kappa shape index (κ1) is 22.6. The molecule has 1 aromatic carbocycles. The van der Waals surface area contributed by atoms with Crippen molar-refractivity contribution in [2.45, 2.75) is 58.4 Å². The SMILES string of the molecule is CCCC/C(=C\C=C(/CCCC)C(N)=O)CNC(=O)C(N)c1ccccc1. The molecule has 0 aromatic heterocycles. The van der Waals surface area contributed by atoms with Crippen LogP contribution in [0.25, 0.3) is 0 Å². The van der Waals surface area contributed by atoms with Crippen LogP contribution in [0.15, 0.2) is 53.6 Å². The highest BCUT2D eigenvalue weighted by atomic mass is 16.2. The van der Waals surface area contributed by atoms with Crippen molar-refractivity contribution in [1.29, 1.82) is 0 Å². The molecular weight excluding hydrogens is 338 g/mol. The number of nitrogens with two attached hydrogens (primary N) is 2. The van der Waals surface area contributed by atoms with E-state index >= 15 is 0 Å². The van der Waals surface area contributed by atoms with Crippen LogP contribution in [-0.4, -0.2) is 18.4 Å². The molecule has 5 nitrogen and oxygen atoms in total. The molecule has 0 aliphatic rings. The van der Waals surface area contributed by atoms with Crippen LogP contribution in [-0.2, 0) is 9.59 Å². The van der Waals surface area contributed by atoms with E-state index < -0.39 is 6.04 Å². The van der Waals surface area contributed by atoms with Crippen molar-refractivity contribution in [3.63, 3.8) is 0 Å². The van der Waals surface area contributed by atoms with Gasteiger partial charge in [-0.2, -0.15) is 0 Å². The summed E-state index contributed by atoms with van der Waals surface area (Å²) in [6.07, 6.45) is 9.24. The Morgan fingerprint density at radius 3 is 2.26 bits per heavy atom. The first-order valence-electron chi connectivity index (χ1n) is 9.76. The number of rotatable bonds is 12. The maximum absolute atomic E-state index is 12.4. The average molecular weight is 372 g/mol. The van der Waals surface area contributed by atoms with E-state index in [1.54, 1.807) is 6.08 Å². The molecule has 0 bridgehead atoms. The number of hydrogen-bond donors (Lipinski definition) is 3. The molecule has 1 rings (SSSR count). The zero-order valence-electron chi connectivity index (χ0n) is 16.5. The Bertz CT molecular complexity index is 651. The minimum absolute atomic E-state index is 0.214. The van der Waals surface area contributed by atoms with Gasteiger partial charge in [-0.05, 0) is 31.2 Å². The zero-order chi connectivity index (χ0) is 20.1. The Balaban J connectivity index is 2.78. The molecule has 0 fully saturated rings. The molecule has 0 aliphatic carbocycles. The largest absolute Gasteiger partial charge is 0.366 e. The standard InChI is InChI=1S/C22H33N3O2/c1-3-5-10-17(14-15-19(21(24)26)11-6-4-2)16-25-22(27)20(23)18-12-8-7-9-13-18/h7-9,12-15,20H,3-6,10-11,16,23H2,1-2H3,(H2,24,26)(H,25,27)/b17-14+,19-15+. The van der Waals surface area contributed by atoms with Crippen LogP contribution < -0.4 is 16.8 Å². The fraction of sp³-hybridized carbons (Fsp3) is 0.455. The summed E-state index contributed by atoms with van der Waals surface area (Å²) in [6, 6.07) is 8.60. The van der Waals surface area contributed by atoms with Gasteiger partial charge in [-0.3, -0.25) is 9.59 Å². The Morgan fingerprint density at radius 2 is 1.67 bits per heavy atom. The van der Waals surface area contributed by atoms with Crippen molar-refractivity contribution in [2.75, 3.05) is 6.54 Å². The fourth-order valence-electron chi connectivity index (χ4n) is 2.63. The smallest absolute Gasteiger partial charge is 0.244 e. The molecule has 0 spiro atoms. The Kier molecular flexibility index (Phi) is 10.8. The third kappa shape index (κ3) is 8.69. The molecule has 1 unspecified atom stereocenters. The van der Waals surface area contributed by atoms with Crippen LogP contribution in [0.4, 0.5) is 0 Å². The van der Waals surface area contributed by atoms with Crippen molar-refractivity contribution >= 4 is 11.8 Å². The van der Waals surface area contributed by atoms with Gasteiger partial charge in [0.25, 0.3) is 0 Å². The summed E-state index contributed by atoms with van der Waals surface area (Å²) in [7, 11) is 0. The molecule has 1 atom stereocenters. The molecule has 0 radical (unpaired) electrons.